The van der Waals surface area contributed by atoms with Crippen molar-refractivity contribution in [1.29, 1.82) is 0 Å². The summed E-state index contributed by atoms with van der Waals surface area (Å²) < 4.78 is 0.793. The Morgan fingerprint density at radius 1 is 1.57 bits per heavy atom. The molecule has 0 heterocycles. The highest BCUT2D eigenvalue weighted by Crippen LogP contribution is 2.25. The third-order valence-corrected chi connectivity index (χ3v) is 2.27. The van der Waals surface area contributed by atoms with E-state index in [0.717, 1.165) is 4.47 Å². The third kappa shape index (κ3) is 2.71. The van der Waals surface area contributed by atoms with Crippen LogP contribution >= 0.6 is 15.9 Å². The molecule has 1 aromatic rings. The SMILES string of the molecule is Nc1cc(Br)ccc1C(O)CC(=O)O. The molecule has 0 aliphatic heterocycles. The number of aliphatic hydroxyl groups excluding tert-OH is 1. The first-order valence-corrected chi connectivity index (χ1v) is 4.75. The fraction of sp³-hybridized carbons (Fsp3) is 0.222. The van der Waals surface area contributed by atoms with Gasteiger partial charge in [0.2, 0.25) is 0 Å². The monoisotopic (exact) mass is 259 g/mol. The van der Waals surface area contributed by atoms with Gasteiger partial charge in [0.1, 0.15) is 0 Å². The second kappa shape index (κ2) is 4.43. The van der Waals surface area contributed by atoms with Crippen molar-refractivity contribution in [2.75, 3.05) is 5.73 Å². The lowest BCUT2D eigenvalue weighted by Gasteiger charge is -2.11. The van der Waals surface area contributed by atoms with Crippen LogP contribution in [-0.2, 0) is 4.79 Å². The van der Waals surface area contributed by atoms with Crippen LogP contribution in [0, 0.1) is 0 Å². The molecule has 4 N–H and O–H groups in total. The van der Waals surface area contributed by atoms with Crippen LogP contribution in [0.5, 0.6) is 0 Å². The van der Waals surface area contributed by atoms with Gasteiger partial charge in [-0.05, 0) is 12.1 Å². The number of nitrogen functional groups attached to an aromatic ring is 1. The van der Waals surface area contributed by atoms with E-state index in [1.807, 2.05) is 0 Å². The average molecular weight is 260 g/mol. The Morgan fingerprint density at radius 3 is 2.71 bits per heavy atom. The summed E-state index contributed by atoms with van der Waals surface area (Å²) in [4.78, 5) is 10.4. The van der Waals surface area contributed by atoms with Gasteiger partial charge in [-0.15, -0.1) is 0 Å². The number of rotatable bonds is 3. The smallest absolute Gasteiger partial charge is 0.306 e. The van der Waals surface area contributed by atoms with E-state index in [1.165, 1.54) is 0 Å². The summed E-state index contributed by atoms with van der Waals surface area (Å²) in [5, 5.41) is 18.0. The third-order valence-electron chi connectivity index (χ3n) is 1.78. The quantitative estimate of drug-likeness (QED) is 0.720. The molecule has 5 heteroatoms. The van der Waals surface area contributed by atoms with Crippen molar-refractivity contribution in [2.24, 2.45) is 0 Å². The van der Waals surface area contributed by atoms with E-state index in [1.54, 1.807) is 18.2 Å². The Kier molecular flexibility index (Phi) is 3.49. The summed E-state index contributed by atoms with van der Waals surface area (Å²) in [7, 11) is 0. The topological polar surface area (TPSA) is 83.5 Å². The lowest BCUT2D eigenvalue weighted by molar-refractivity contribution is -0.139. The van der Waals surface area contributed by atoms with E-state index < -0.39 is 12.1 Å². The minimum absolute atomic E-state index is 0.341. The highest BCUT2D eigenvalue weighted by Gasteiger charge is 2.14. The number of hydrogen-bond donors (Lipinski definition) is 3. The Bertz CT molecular complexity index is 354. The maximum absolute atomic E-state index is 10.4. The molecule has 0 fully saturated rings. The molecule has 0 bridgehead atoms. The fourth-order valence-corrected chi connectivity index (χ4v) is 1.50. The van der Waals surface area contributed by atoms with E-state index in [2.05, 4.69) is 15.9 Å². The second-order valence-corrected chi connectivity index (χ2v) is 3.80. The molecular weight excluding hydrogens is 250 g/mol. The molecule has 0 amide bonds. The van der Waals surface area contributed by atoms with Crippen molar-refractivity contribution < 1.29 is 15.0 Å². The van der Waals surface area contributed by atoms with Crippen LogP contribution in [0.4, 0.5) is 5.69 Å². The first kappa shape index (κ1) is 11.0. The molecule has 14 heavy (non-hydrogen) atoms. The van der Waals surface area contributed by atoms with Crippen LogP contribution in [-0.4, -0.2) is 16.2 Å². The van der Waals surface area contributed by atoms with E-state index in [-0.39, 0.29) is 6.42 Å². The Labute approximate surface area is 89.5 Å². The zero-order valence-corrected chi connectivity index (χ0v) is 8.86. The summed E-state index contributed by atoms with van der Waals surface area (Å²) in [6.45, 7) is 0. The van der Waals surface area contributed by atoms with Gasteiger partial charge < -0.3 is 15.9 Å². The van der Waals surface area contributed by atoms with Crippen molar-refractivity contribution in [1.82, 2.24) is 0 Å². The number of aliphatic carboxylic acids is 1. The van der Waals surface area contributed by atoms with Gasteiger partial charge in [0.05, 0.1) is 12.5 Å². The van der Waals surface area contributed by atoms with Crippen molar-refractivity contribution in [2.45, 2.75) is 12.5 Å². The molecule has 0 radical (unpaired) electrons. The normalized spacial score (nSPS) is 12.4. The van der Waals surface area contributed by atoms with Crippen molar-refractivity contribution >= 4 is 27.6 Å². The predicted molar refractivity (Wildman–Crippen MR) is 55.8 cm³/mol. The molecule has 0 aliphatic rings. The number of halogens is 1. The first-order valence-electron chi connectivity index (χ1n) is 3.95. The van der Waals surface area contributed by atoms with Crippen LogP contribution in [0.2, 0.25) is 0 Å². The van der Waals surface area contributed by atoms with Gasteiger partial charge in [-0.1, -0.05) is 22.0 Å². The second-order valence-electron chi connectivity index (χ2n) is 2.89. The highest BCUT2D eigenvalue weighted by molar-refractivity contribution is 9.10. The van der Waals surface area contributed by atoms with Crippen molar-refractivity contribution in [3.63, 3.8) is 0 Å². The first-order chi connectivity index (χ1) is 6.50. The molecule has 0 aliphatic carbocycles. The number of carboxylic acids is 1. The minimum atomic E-state index is -1.06. The summed E-state index contributed by atoms with van der Waals surface area (Å²) in [6.07, 6.45) is -1.40. The van der Waals surface area contributed by atoms with Gasteiger partial charge in [0, 0.05) is 15.7 Å². The summed E-state index contributed by atoms with van der Waals surface area (Å²) in [6, 6.07) is 4.93. The van der Waals surface area contributed by atoms with Crippen molar-refractivity contribution in [3.8, 4) is 0 Å². The average Bonchev–Trinajstić information content (AvgIpc) is 2.01. The number of nitrogens with two attached hydrogens (primary N) is 1. The molecule has 0 spiro atoms. The summed E-state index contributed by atoms with van der Waals surface area (Å²) in [5.74, 6) is -1.06. The Hall–Kier alpha value is -1.07. The van der Waals surface area contributed by atoms with E-state index in [4.69, 9.17) is 10.8 Å². The molecule has 1 atom stereocenters. The van der Waals surface area contributed by atoms with Gasteiger partial charge >= 0.3 is 5.97 Å². The maximum Gasteiger partial charge on any atom is 0.306 e. The summed E-state index contributed by atoms with van der Waals surface area (Å²) in [5.41, 5.74) is 6.44. The van der Waals surface area contributed by atoms with Gasteiger partial charge in [-0.25, -0.2) is 0 Å². The van der Waals surface area contributed by atoms with E-state index in [0.29, 0.717) is 11.3 Å². The maximum atomic E-state index is 10.4. The largest absolute Gasteiger partial charge is 0.481 e. The van der Waals surface area contributed by atoms with Gasteiger partial charge in [-0.3, -0.25) is 4.79 Å². The zero-order chi connectivity index (χ0) is 10.7. The number of carboxylic acid groups (broad SMARTS) is 1. The number of anilines is 1. The van der Waals surface area contributed by atoms with Crippen LogP contribution < -0.4 is 5.73 Å². The van der Waals surface area contributed by atoms with E-state index >= 15 is 0 Å². The minimum Gasteiger partial charge on any atom is -0.481 e. The predicted octanol–water partition coefficient (Wildman–Crippen LogP) is 1.54. The number of carbonyl (C=O) groups is 1. The lowest BCUT2D eigenvalue weighted by Crippen LogP contribution is -2.07. The van der Waals surface area contributed by atoms with Crippen LogP contribution in [0.25, 0.3) is 0 Å². The molecule has 0 saturated heterocycles. The Morgan fingerprint density at radius 2 is 2.21 bits per heavy atom. The zero-order valence-electron chi connectivity index (χ0n) is 7.27. The van der Waals surface area contributed by atoms with Crippen LogP contribution in [0.3, 0.4) is 0 Å². The summed E-state index contributed by atoms with van der Waals surface area (Å²) >= 11 is 3.22. The van der Waals surface area contributed by atoms with Gasteiger partial charge in [0.15, 0.2) is 0 Å². The molecule has 1 rings (SSSR count). The number of aliphatic hydroxyl groups is 1. The van der Waals surface area contributed by atoms with Crippen LogP contribution in [0.1, 0.15) is 18.1 Å². The molecular formula is C9H10BrNO3. The number of hydrogen-bond acceptors (Lipinski definition) is 3. The molecule has 1 aromatic carbocycles. The highest BCUT2D eigenvalue weighted by atomic mass is 79.9. The molecule has 0 aromatic heterocycles. The lowest BCUT2D eigenvalue weighted by atomic mass is 10.1. The van der Waals surface area contributed by atoms with E-state index in [9.17, 15) is 9.90 Å². The molecule has 76 valence electrons. The van der Waals surface area contributed by atoms with Crippen molar-refractivity contribution in [3.05, 3.63) is 28.2 Å². The molecule has 4 nitrogen and oxygen atoms in total. The fourth-order valence-electron chi connectivity index (χ4n) is 1.12. The van der Waals surface area contributed by atoms with Gasteiger partial charge in [0.25, 0.3) is 0 Å². The Balaban J connectivity index is 2.90. The molecule has 0 saturated carbocycles. The van der Waals surface area contributed by atoms with Crippen LogP contribution in [0.15, 0.2) is 22.7 Å². The molecule has 1 unspecified atom stereocenters. The van der Waals surface area contributed by atoms with Gasteiger partial charge in [-0.2, -0.15) is 0 Å². The number of benzene rings is 1. The standard InChI is InChI=1S/C9H10BrNO3/c10-5-1-2-6(7(11)3-5)8(12)4-9(13)14/h1-3,8,12H,4,11H2,(H,13,14).